The van der Waals surface area contributed by atoms with E-state index < -0.39 is 6.09 Å². The number of benzene rings is 1. The molecule has 100 valence electrons. The molecule has 0 aliphatic rings. The summed E-state index contributed by atoms with van der Waals surface area (Å²) in [6, 6.07) is 14.5. The first-order valence-electron chi connectivity index (χ1n) is 6.04. The van der Waals surface area contributed by atoms with E-state index in [0.717, 1.165) is 5.56 Å². The van der Waals surface area contributed by atoms with E-state index in [1.54, 1.807) is 13.0 Å². The molecule has 0 saturated carbocycles. The largest absolute Gasteiger partial charge is 0.444 e. The third-order valence-corrected chi connectivity index (χ3v) is 2.53. The Hall–Kier alpha value is -2.87. The zero-order valence-electron chi connectivity index (χ0n) is 11.0. The van der Waals surface area contributed by atoms with Crippen LogP contribution in [-0.2, 0) is 11.3 Å². The van der Waals surface area contributed by atoms with Gasteiger partial charge in [-0.3, -0.25) is 5.32 Å². The molecule has 1 amide bonds. The number of nitrogens with zero attached hydrogens (tertiary/aromatic N) is 2. The number of carbonyl (C=O) groups is 1. The summed E-state index contributed by atoms with van der Waals surface area (Å²) in [7, 11) is 0. The molecule has 0 aliphatic heterocycles. The molecule has 2 rings (SSSR count). The van der Waals surface area contributed by atoms with Crippen LogP contribution < -0.4 is 5.32 Å². The predicted octanol–water partition coefficient (Wildman–Crippen LogP) is 3.01. The fraction of sp³-hybridized carbons (Fsp3) is 0.133. The van der Waals surface area contributed by atoms with Crippen molar-refractivity contribution < 1.29 is 9.53 Å². The second-order valence-corrected chi connectivity index (χ2v) is 4.18. The van der Waals surface area contributed by atoms with E-state index in [9.17, 15) is 4.79 Å². The number of nitrogens with one attached hydrogen (secondary N) is 1. The van der Waals surface area contributed by atoms with Crippen LogP contribution in [0.15, 0.2) is 42.5 Å². The predicted molar refractivity (Wildman–Crippen MR) is 73.9 cm³/mol. The molecule has 0 saturated heterocycles. The standard InChI is InChI=1S/C15H13N3O2/c1-11-7-13(9-16)8-14(17-11)18-15(19)20-10-12-5-3-2-4-6-12/h2-8H,10H2,1H3,(H,17,18,19). The molecule has 1 heterocycles. The summed E-state index contributed by atoms with van der Waals surface area (Å²) in [5.74, 6) is 0.305. The maximum atomic E-state index is 11.6. The van der Waals surface area contributed by atoms with Crippen LogP contribution in [0.2, 0.25) is 0 Å². The van der Waals surface area contributed by atoms with E-state index >= 15 is 0 Å². The van der Waals surface area contributed by atoms with Gasteiger partial charge in [-0.2, -0.15) is 5.26 Å². The molecule has 0 spiro atoms. The van der Waals surface area contributed by atoms with Crippen LogP contribution in [-0.4, -0.2) is 11.1 Å². The van der Waals surface area contributed by atoms with Gasteiger partial charge in [-0.05, 0) is 24.6 Å². The van der Waals surface area contributed by atoms with Gasteiger partial charge < -0.3 is 4.74 Å². The molecule has 0 aliphatic carbocycles. The van der Waals surface area contributed by atoms with Crippen molar-refractivity contribution >= 4 is 11.9 Å². The second kappa shape index (κ2) is 6.34. The Balaban J connectivity index is 1.95. The van der Waals surface area contributed by atoms with Gasteiger partial charge in [0.15, 0.2) is 0 Å². The van der Waals surface area contributed by atoms with Gasteiger partial charge in [0.1, 0.15) is 12.4 Å². The molecule has 1 aromatic carbocycles. The minimum atomic E-state index is -0.601. The lowest BCUT2D eigenvalue weighted by Crippen LogP contribution is -2.14. The molecule has 0 unspecified atom stereocenters. The Morgan fingerprint density at radius 2 is 2.10 bits per heavy atom. The maximum absolute atomic E-state index is 11.6. The number of rotatable bonds is 3. The number of nitriles is 1. The van der Waals surface area contributed by atoms with Gasteiger partial charge in [0.2, 0.25) is 0 Å². The van der Waals surface area contributed by atoms with Gasteiger partial charge in [0.05, 0.1) is 11.6 Å². The van der Waals surface area contributed by atoms with Gasteiger partial charge in [-0.15, -0.1) is 0 Å². The number of anilines is 1. The summed E-state index contributed by atoms with van der Waals surface area (Å²) in [4.78, 5) is 15.8. The minimum Gasteiger partial charge on any atom is -0.444 e. The van der Waals surface area contributed by atoms with Crippen molar-refractivity contribution in [3.63, 3.8) is 0 Å². The van der Waals surface area contributed by atoms with Gasteiger partial charge in [-0.25, -0.2) is 9.78 Å². The highest BCUT2D eigenvalue weighted by molar-refractivity contribution is 5.83. The number of hydrogen-bond donors (Lipinski definition) is 1. The SMILES string of the molecule is Cc1cc(C#N)cc(NC(=O)OCc2ccccc2)n1. The second-order valence-electron chi connectivity index (χ2n) is 4.18. The molecule has 2 aromatic rings. The molecular formula is C15H13N3O2. The first-order valence-corrected chi connectivity index (χ1v) is 6.04. The fourth-order valence-corrected chi connectivity index (χ4v) is 1.66. The van der Waals surface area contributed by atoms with Crippen LogP contribution in [0.3, 0.4) is 0 Å². The number of hydrogen-bond acceptors (Lipinski definition) is 4. The molecule has 0 radical (unpaired) electrons. The Morgan fingerprint density at radius 3 is 2.80 bits per heavy atom. The van der Waals surface area contributed by atoms with Crippen molar-refractivity contribution in [1.29, 1.82) is 5.26 Å². The van der Waals surface area contributed by atoms with E-state index in [0.29, 0.717) is 17.1 Å². The highest BCUT2D eigenvalue weighted by Gasteiger charge is 2.06. The summed E-state index contributed by atoms with van der Waals surface area (Å²) in [5, 5.41) is 11.4. The van der Waals surface area contributed by atoms with E-state index in [-0.39, 0.29) is 6.61 Å². The van der Waals surface area contributed by atoms with Crippen LogP contribution in [0.5, 0.6) is 0 Å². The van der Waals surface area contributed by atoms with Crippen molar-refractivity contribution in [2.45, 2.75) is 13.5 Å². The lowest BCUT2D eigenvalue weighted by Gasteiger charge is -2.07. The molecular weight excluding hydrogens is 254 g/mol. The summed E-state index contributed by atoms with van der Waals surface area (Å²) >= 11 is 0. The van der Waals surface area contributed by atoms with Crippen LogP contribution >= 0.6 is 0 Å². The lowest BCUT2D eigenvalue weighted by atomic mass is 10.2. The lowest BCUT2D eigenvalue weighted by molar-refractivity contribution is 0.155. The number of ether oxygens (including phenoxy) is 1. The van der Waals surface area contributed by atoms with Gasteiger partial charge in [-0.1, -0.05) is 30.3 Å². The van der Waals surface area contributed by atoms with E-state index in [1.807, 2.05) is 36.4 Å². The molecule has 5 nitrogen and oxygen atoms in total. The Labute approximate surface area is 116 Å². The van der Waals surface area contributed by atoms with Crippen LogP contribution in [0.1, 0.15) is 16.8 Å². The van der Waals surface area contributed by atoms with Crippen LogP contribution in [0.4, 0.5) is 10.6 Å². The Kier molecular flexibility index (Phi) is 4.30. The number of aromatic nitrogens is 1. The monoisotopic (exact) mass is 267 g/mol. The van der Waals surface area contributed by atoms with Crippen LogP contribution in [0, 0.1) is 18.3 Å². The van der Waals surface area contributed by atoms with Crippen LogP contribution in [0.25, 0.3) is 0 Å². The number of amides is 1. The topological polar surface area (TPSA) is 75.0 Å². The first-order chi connectivity index (χ1) is 9.67. The van der Waals surface area contributed by atoms with E-state index in [2.05, 4.69) is 10.3 Å². The molecule has 0 bridgehead atoms. The minimum absolute atomic E-state index is 0.184. The zero-order valence-corrected chi connectivity index (χ0v) is 11.0. The highest BCUT2D eigenvalue weighted by Crippen LogP contribution is 2.10. The summed E-state index contributed by atoms with van der Waals surface area (Å²) in [5.41, 5.74) is 2.00. The summed E-state index contributed by atoms with van der Waals surface area (Å²) in [6.07, 6.45) is -0.601. The van der Waals surface area contributed by atoms with E-state index in [1.165, 1.54) is 6.07 Å². The molecule has 1 aromatic heterocycles. The van der Waals surface area contributed by atoms with E-state index in [4.69, 9.17) is 10.00 Å². The van der Waals surface area contributed by atoms with Gasteiger partial charge >= 0.3 is 6.09 Å². The average Bonchev–Trinajstić information content (AvgIpc) is 2.45. The Morgan fingerprint density at radius 1 is 1.35 bits per heavy atom. The average molecular weight is 267 g/mol. The summed E-state index contributed by atoms with van der Waals surface area (Å²) < 4.78 is 5.07. The van der Waals surface area contributed by atoms with Gasteiger partial charge in [0.25, 0.3) is 0 Å². The van der Waals surface area contributed by atoms with Crippen molar-refractivity contribution in [2.24, 2.45) is 0 Å². The third kappa shape index (κ3) is 3.82. The molecule has 1 N–H and O–H groups in total. The van der Waals surface area contributed by atoms with Crippen molar-refractivity contribution in [3.8, 4) is 6.07 Å². The fourth-order valence-electron chi connectivity index (χ4n) is 1.66. The highest BCUT2D eigenvalue weighted by atomic mass is 16.5. The third-order valence-electron chi connectivity index (χ3n) is 2.53. The number of aryl methyl sites for hydroxylation is 1. The Bertz CT molecular complexity index is 648. The zero-order chi connectivity index (χ0) is 14.4. The molecule has 20 heavy (non-hydrogen) atoms. The number of pyridine rings is 1. The number of carbonyl (C=O) groups excluding carboxylic acids is 1. The maximum Gasteiger partial charge on any atom is 0.413 e. The summed E-state index contributed by atoms with van der Waals surface area (Å²) in [6.45, 7) is 1.94. The molecule has 5 heteroatoms. The quantitative estimate of drug-likeness (QED) is 0.927. The smallest absolute Gasteiger partial charge is 0.413 e. The van der Waals surface area contributed by atoms with Crippen molar-refractivity contribution in [2.75, 3.05) is 5.32 Å². The van der Waals surface area contributed by atoms with Gasteiger partial charge in [0, 0.05) is 5.69 Å². The first kappa shape index (κ1) is 13.6. The molecule has 0 atom stereocenters. The normalized spacial score (nSPS) is 9.60. The van der Waals surface area contributed by atoms with Crippen molar-refractivity contribution in [1.82, 2.24) is 4.98 Å². The van der Waals surface area contributed by atoms with Crippen molar-refractivity contribution in [3.05, 3.63) is 59.3 Å². The molecule has 0 fully saturated rings.